The Balaban J connectivity index is 1.89. The summed E-state index contributed by atoms with van der Waals surface area (Å²) < 4.78 is 9.90. The van der Waals surface area contributed by atoms with Gasteiger partial charge in [0.15, 0.2) is 11.5 Å². The van der Waals surface area contributed by atoms with E-state index in [4.69, 9.17) is 20.9 Å². The Morgan fingerprint density at radius 1 is 1.58 bits per heavy atom. The summed E-state index contributed by atoms with van der Waals surface area (Å²) in [7, 11) is 1.56. The standard InChI is InChI=1S/C13H19ClN2O3/c1-18-7-10-6-11(16-19-10)12(17)15-9-13(8-14)4-2-3-5-13/h6H,2-5,7-9H2,1H3,(H,15,17). The van der Waals surface area contributed by atoms with Crippen LogP contribution in [-0.4, -0.2) is 30.6 Å². The molecule has 1 aromatic rings. The Labute approximate surface area is 117 Å². The number of nitrogens with zero attached hydrogens (tertiary/aromatic N) is 1. The highest BCUT2D eigenvalue weighted by Gasteiger charge is 2.33. The molecule has 0 aliphatic heterocycles. The molecule has 1 heterocycles. The van der Waals surface area contributed by atoms with Crippen LogP contribution in [0.2, 0.25) is 0 Å². The Hall–Kier alpha value is -1.07. The van der Waals surface area contributed by atoms with E-state index in [1.807, 2.05) is 0 Å². The third-order valence-corrected chi connectivity index (χ3v) is 4.22. The molecule has 0 aromatic carbocycles. The number of hydrogen-bond donors (Lipinski definition) is 1. The SMILES string of the molecule is COCc1cc(C(=O)NCC2(CCl)CCCC2)no1. The minimum atomic E-state index is -0.220. The van der Waals surface area contributed by atoms with Crippen LogP contribution < -0.4 is 5.32 Å². The maximum absolute atomic E-state index is 12.0. The fraction of sp³-hybridized carbons (Fsp3) is 0.692. The normalized spacial score (nSPS) is 17.6. The molecule has 0 radical (unpaired) electrons. The minimum absolute atomic E-state index is 0.0519. The van der Waals surface area contributed by atoms with Crippen LogP contribution in [0.1, 0.15) is 41.9 Å². The first-order valence-electron chi connectivity index (χ1n) is 6.48. The molecular formula is C13H19ClN2O3. The molecule has 1 saturated carbocycles. The van der Waals surface area contributed by atoms with Gasteiger partial charge in [0.1, 0.15) is 6.61 Å². The second kappa shape index (κ2) is 6.39. The number of alkyl halides is 1. The number of methoxy groups -OCH3 is 1. The molecule has 1 N–H and O–H groups in total. The first kappa shape index (κ1) is 14.3. The molecule has 1 fully saturated rings. The quantitative estimate of drug-likeness (QED) is 0.815. The smallest absolute Gasteiger partial charge is 0.273 e. The van der Waals surface area contributed by atoms with Gasteiger partial charge in [-0.1, -0.05) is 18.0 Å². The lowest BCUT2D eigenvalue weighted by Crippen LogP contribution is -2.37. The van der Waals surface area contributed by atoms with Gasteiger partial charge in [0.05, 0.1) is 0 Å². The number of halogens is 1. The molecule has 6 heteroatoms. The highest BCUT2D eigenvalue weighted by Crippen LogP contribution is 2.38. The van der Waals surface area contributed by atoms with E-state index in [-0.39, 0.29) is 17.0 Å². The van der Waals surface area contributed by atoms with E-state index in [9.17, 15) is 4.79 Å². The van der Waals surface area contributed by atoms with Gasteiger partial charge in [-0.2, -0.15) is 0 Å². The number of carbonyl (C=O) groups excluding carboxylic acids is 1. The number of hydrogen-bond acceptors (Lipinski definition) is 4. The average Bonchev–Trinajstić information content (AvgIpc) is 3.06. The molecule has 0 spiro atoms. The molecule has 1 amide bonds. The summed E-state index contributed by atoms with van der Waals surface area (Å²) >= 11 is 6.04. The van der Waals surface area contributed by atoms with E-state index >= 15 is 0 Å². The first-order chi connectivity index (χ1) is 9.19. The van der Waals surface area contributed by atoms with Crippen LogP contribution in [0.4, 0.5) is 0 Å². The number of amides is 1. The van der Waals surface area contributed by atoms with Crippen LogP contribution in [-0.2, 0) is 11.3 Å². The molecule has 0 bridgehead atoms. The Morgan fingerprint density at radius 3 is 2.95 bits per heavy atom. The van der Waals surface area contributed by atoms with E-state index in [1.54, 1.807) is 13.2 Å². The van der Waals surface area contributed by atoms with Gasteiger partial charge in [0.2, 0.25) is 0 Å². The number of carbonyl (C=O) groups is 1. The molecule has 19 heavy (non-hydrogen) atoms. The zero-order valence-electron chi connectivity index (χ0n) is 11.1. The van der Waals surface area contributed by atoms with Crippen molar-refractivity contribution in [3.63, 3.8) is 0 Å². The van der Waals surface area contributed by atoms with Crippen LogP contribution in [0.15, 0.2) is 10.6 Å². The van der Waals surface area contributed by atoms with Crippen LogP contribution in [0.25, 0.3) is 0 Å². The zero-order chi connectivity index (χ0) is 13.7. The van der Waals surface area contributed by atoms with E-state index in [0.717, 1.165) is 12.8 Å². The van der Waals surface area contributed by atoms with Gasteiger partial charge in [0.25, 0.3) is 5.91 Å². The molecule has 106 valence electrons. The van der Waals surface area contributed by atoms with Crippen LogP contribution in [0.5, 0.6) is 0 Å². The fourth-order valence-electron chi connectivity index (χ4n) is 2.47. The Kier molecular flexibility index (Phi) is 4.82. The van der Waals surface area contributed by atoms with Crippen molar-refractivity contribution in [3.05, 3.63) is 17.5 Å². The highest BCUT2D eigenvalue weighted by molar-refractivity contribution is 6.18. The lowest BCUT2D eigenvalue weighted by molar-refractivity contribution is 0.0925. The monoisotopic (exact) mass is 286 g/mol. The summed E-state index contributed by atoms with van der Waals surface area (Å²) in [4.78, 5) is 12.0. The fourth-order valence-corrected chi connectivity index (χ4v) is 2.83. The topological polar surface area (TPSA) is 64.4 Å². The summed E-state index contributed by atoms with van der Waals surface area (Å²) in [5.74, 6) is 0.907. The summed E-state index contributed by atoms with van der Waals surface area (Å²) in [6, 6.07) is 1.60. The molecule has 1 aliphatic rings. The zero-order valence-corrected chi connectivity index (χ0v) is 11.8. The van der Waals surface area contributed by atoms with Crippen molar-refractivity contribution in [2.75, 3.05) is 19.5 Å². The average molecular weight is 287 g/mol. The van der Waals surface area contributed by atoms with Crippen molar-refractivity contribution in [2.45, 2.75) is 32.3 Å². The van der Waals surface area contributed by atoms with Gasteiger partial charge in [0, 0.05) is 31.0 Å². The molecule has 0 atom stereocenters. The van der Waals surface area contributed by atoms with Gasteiger partial charge in [-0.15, -0.1) is 11.6 Å². The predicted octanol–water partition coefficient (Wildman–Crippen LogP) is 2.35. The Morgan fingerprint density at radius 2 is 2.32 bits per heavy atom. The maximum atomic E-state index is 12.0. The number of ether oxygens (including phenoxy) is 1. The molecule has 0 unspecified atom stereocenters. The van der Waals surface area contributed by atoms with Gasteiger partial charge in [-0.3, -0.25) is 4.79 Å². The van der Waals surface area contributed by atoms with E-state index < -0.39 is 0 Å². The Bertz CT molecular complexity index is 427. The predicted molar refractivity (Wildman–Crippen MR) is 71.2 cm³/mol. The summed E-state index contributed by atoms with van der Waals surface area (Å²) in [6.07, 6.45) is 4.52. The van der Waals surface area contributed by atoms with Crippen LogP contribution >= 0.6 is 11.6 Å². The number of rotatable bonds is 6. The van der Waals surface area contributed by atoms with Crippen molar-refractivity contribution in [3.8, 4) is 0 Å². The van der Waals surface area contributed by atoms with Gasteiger partial charge in [-0.05, 0) is 12.8 Å². The van der Waals surface area contributed by atoms with E-state index in [0.29, 0.717) is 24.8 Å². The van der Waals surface area contributed by atoms with Crippen molar-refractivity contribution in [1.82, 2.24) is 10.5 Å². The summed E-state index contributed by atoms with van der Waals surface area (Å²) in [5, 5.41) is 6.63. The second-order valence-electron chi connectivity index (χ2n) is 5.13. The van der Waals surface area contributed by atoms with Gasteiger partial charge >= 0.3 is 0 Å². The number of nitrogens with one attached hydrogen (secondary N) is 1. The summed E-state index contributed by atoms with van der Waals surface area (Å²) in [5.41, 5.74) is 0.339. The summed E-state index contributed by atoms with van der Waals surface area (Å²) in [6.45, 7) is 0.910. The van der Waals surface area contributed by atoms with E-state index in [2.05, 4.69) is 10.5 Å². The number of aromatic nitrogens is 1. The van der Waals surface area contributed by atoms with Crippen LogP contribution in [0.3, 0.4) is 0 Å². The molecule has 1 aliphatic carbocycles. The largest absolute Gasteiger partial charge is 0.377 e. The van der Waals surface area contributed by atoms with Crippen molar-refractivity contribution in [2.24, 2.45) is 5.41 Å². The molecule has 2 rings (SSSR count). The third kappa shape index (κ3) is 3.48. The second-order valence-corrected chi connectivity index (χ2v) is 5.40. The van der Waals surface area contributed by atoms with Crippen molar-refractivity contribution < 1.29 is 14.1 Å². The lowest BCUT2D eigenvalue weighted by atomic mass is 9.88. The minimum Gasteiger partial charge on any atom is -0.377 e. The maximum Gasteiger partial charge on any atom is 0.273 e. The molecular weight excluding hydrogens is 268 g/mol. The van der Waals surface area contributed by atoms with Gasteiger partial charge < -0.3 is 14.6 Å². The van der Waals surface area contributed by atoms with Gasteiger partial charge in [-0.25, -0.2) is 0 Å². The van der Waals surface area contributed by atoms with Crippen LogP contribution in [0, 0.1) is 5.41 Å². The molecule has 5 nitrogen and oxygen atoms in total. The van der Waals surface area contributed by atoms with Crippen molar-refractivity contribution >= 4 is 17.5 Å². The molecule has 1 aromatic heterocycles. The first-order valence-corrected chi connectivity index (χ1v) is 7.01. The van der Waals surface area contributed by atoms with Crippen molar-refractivity contribution in [1.29, 1.82) is 0 Å². The third-order valence-electron chi connectivity index (χ3n) is 3.65. The van der Waals surface area contributed by atoms with E-state index in [1.165, 1.54) is 12.8 Å². The molecule has 0 saturated heterocycles. The highest BCUT2D eigenvalue weighted by atomic mass is 35.5. The lowest BCUT2D eigenvalue weighted by Gasteiger charge is -2.26.